The van der Waals surface area contributed by atoms with Gasteiger partial charge in [-0.1, -0.05) is 30.3 Å². The zero-order valence-corrected chi connectivity index (χ0v) is 16.3. The van der Waals surface area contributed by atoms with Gasteiger partial charge in [-0.05, 0) is 86.4 Å². The third-order valence-electron chi connectivity index (χ3n) is 6.27. The lowest BCUT2D eigenvalue weighted by Crippen LogP contribution is -2.36. The van der Waals surface area contributed by atoms with Gasteiger partial charge in [0.25, 0.3) is 0 Å². The van der Waals surface area contributed by atoms with Crippen molar-refractivity contribution in [3.05, 3.63) is 65.7 Å². The van der Waals surface area contributed by atoms with E-state index in [1.54, 1.807) is 24.3 Å². The maximum absolute atomic E-state index is 10.9. The first kappa shape index (κ1) is 19.0. The average molecular weight is 380 g/mol. The lowest BCUT2D eigenvalue weighted by Gasteiger charge is -2.32. The lowest BCUT2D eigenvalue weighted by atomic mass is 9.90. The highest BCUT2D eigenvalue weighted by Crippen LogP contribution is 2.51. The Kier molecular flexibility index (Phi) is 5.96. The number of carboxylic acid groups (broad SMARTS) is 1. The van der Waals surface area contributed by atoms with Crippen molar-refractivity contribution in [2.24, 2.45) is 11.8 Å². The van der Waals surface area contributed by atoms with Crippen LogP contribution in [0.25, 0.3) is 0 Å². The van der Waals surface area contributed by atoms with Gasteiger partial charge in [-0.3, -0.25) is 4.90 Å². The number of benzene rings is 2. The Labute approximate surface area is 167 Å². The molecule has 0 spiro atoms. The van der Waals surface area contributed by atoms with E-state index in [0.717, 1.165) is 43.1 Å². The van der Waals surface area contributed by atoms with Crippen LogP contribution in [0.15, 0.2) is 54.6 Å². The average Bonchev–Trinajstić information content (AvgIpc) is 3.49. The van der Waals surface area contributed by atoms with Gasteiger partial charge in [-0.15, -0.1) is 0 Å². The predicted octanol–water partition coefficient (Wildman–Crippen LogP) is 4.67. The smallest absolute Gasteiger partial charge is 0.335 e. The molecule has 0 unspecified atom stereocenters. The molecule has 2 aromatic rings. The summed E-state index contributed by atoms with van der Waals surface area (Å²) in [6.45, 7) is 3.91. The molecule has 2 fully saturated rings. The van der Waals surface area contributed by atoms with Crippen molar-refractivity contribution in [2.75, 3.05) is 26.2 Å². The van der Waals surface area contributed by atoms with Crippen molar-refractivity contribution < 1.29 is 14.6 Å². The van der Waals surface area contributed by atoms with Crippen LogP contribution < -0.4 is 4.74 Å². The topological polar surface area (TPSA) is 49.8 Å². The Morgan fingerprint density at radius 1 is 1.04 bits per heavy atom. The van der Waals surface area contributed by atoms with Gasteiger partial charge in [-0.2, -0.15) is 0 Å². The maximum atomic E-state index is 10.9. The minimum absolute atomic E-state index is 0.291. The molecule has 148 valence electrons. The van der Waals surface area contributed by atoms with Crippen LogP contribution >= 0.6 is 0 Å². The molecule has 2 aromatic carbocycles. The first-order valence-electron chi connectivity index (χ1n) is 10.4. The summed E-state index contributed by atoms with van der Waals surface area (Å²) < 4.78 is 5.77. The summed E-state index contributed by atoms with van der Waals surface area (Å²) in [5.74, 6) is 2.41. The number of rotatable bonds is 8. The Bertz CT molecular complexity index is 766. The highest BCUT2D eigenvalue weighted by Gasteiger charge is 2.39. The molecular weight excluding hydrogens is 350 g/mol. The third kappa shape index (κ3) is 4.93. The molecule has 1 saturated carbocycles. The lowest BCUT2D eigenvalue weighted by molar-refractivity contribution is 0.0697. The largest absolute Gasteiger partial charge is 0.492 e. The zero-order valence-electron chi connectivity index (χ0n) is 16.3. The fourth-order valence-electron chi connectivity index (χ4n) is 4.48. The van der Waals surface area contributed by atoms with Gasteiger partial charge < -0.3 is 9.84 Å². The molecule has 0 radical (unpaired) electrons. The summed E-state index contributed by atoms with van der Waals surface area (Å²) in [4.78, 5) is 13.4. The van der Waals surface area contributed by atoms with Crippen LogP contribution in [0.1, 0.15) is 47.5 Å². The minimum Gasteiger partial charge on any atom is -0.492 e. The van der Waals surface area contributed by atoms with E-state index in [-0.39, 0.29) is 0 Å². The fraction of sp³-hybridized carbons (Fsp3) is 0.458. The van der Waals surface area contributed by atoms with Crippen LogP contribution in [0.2, 0.25) is 0 Å². The molecule has 0 amide bonds. The SMILES string of the molecule is O=C(O)c1ccc(OCCN2CCC(C[C@@H]3C[C@H]3c3ccccc3)CC2)cc1. The van der Waals surface area contributed by atoms with Crippen molar-refractivity contribution in [1.82, 2.24) is 4.90 Å². The Balaban J connectivity index is 1.13. The highest BCUT2D eigenvalue weighted by molar-refractivity contribution is 5.87. The van der Waals surface area contributed by atoms with Crippen molar-refractivity contribution in [3.63, 3.8) is 0 Å². The summed E-state index contributed by atoms with van der Waals surface area (Å²) in [5.41, 5.74) is 1.82. The number of carbonyl (C=O) groups is 1. The van der Waals surface area contributed by atoms with Crippen molar-refractivity contribution in [3.8, 4) is 5.75 Å². The van der Waals surface area contributed by atoms with E-state index in [0.29, 0.717) is 12.2 Å². The summed E-state index contributed by atoms with van der Waals surface area (Å²) in [6.07, 6.45) is 5.36. The number of hydrogen-bond donors (Lipinski definition) is 1. The molecule has 0 bridgehead atoms. The molecule has 1 aliphatic heterocycles. The first-order valence-corrected chi connectivity index (χ1v) is 10.4. The van der Waals surface area contributed by atoms with E-state index < -0.39 is 5.97 Å². The molecular formula is C24H29NO3. The maximum Gasteiger partial charge on any atom is 0.335 e. The normalized spacial score (nSPS) is 22.7. The van der Waals surface area contributed by atoms with Crippen LogP contribution in [0.5, 0.6) is 5.75 Å². The molecule has 1 N–H and O–H groups in total. The van der Waals surface area contributed by atoms with Crippen LogP contribution in [-0.2, 0) is 0 Å². The molecule has 1 saturated heterocycles. The Morgan fingerprint density at radius 3 is 2.43 bits per heavy atom. The number of piperidine rings is 1. The monoisotopic (exact) mass is 379 g/mol. The predicted molar refractivity (Wildman–Crippen MR) is 110 cm³/mol. The van der Waals surface area contributed by atoms with Crippen LogP contribution in [0.3, 0.4) is 0 Å². The standard InChI is InChI=1S/C24H29NO3/c26-24(27)20-6-8-22(9-7-20)28-15-14-25-12-10-18(11-13-25)16-21-17-23(21)19-4-2-1-3-5-19/h1-9,18,21,23H,10-17H2,(H,26,27)/t21-,23+/m1/s1. The van der Waals surface area contributed by atoms with Crippen LogP contribution in [-0.4, -0.2) is 42.2 Å². The van der Waals surface area contributed by atoms with Gasteiger partial charge in [0.05, 0.1) is 5.56 Å². The van der Waals surface area contributed by atoms with Gasteiger partial charge in [0.2, 0.25) is 0 Å². The second-order valence-corrected chi connectivity index (χ2v) is 8.21. The van der Waals surface area contributed by atoms with Crippen molar-refractivity contribution >= 4 is 5.97 Å². The molecule has 0 aromatic heterocycles. The Hall–Kier alpha value is -2.33. The van der Waals surface area contributed by atoms with Gasteiger partial charge in [0, 0.05) is 6.54 Å². The number of hydrogen-bond acceptors (Lipinski definition) is 3. The summed E-state index contributed by atoms with van der Waals surface area (Å²) in [5, 5.41) is 8.93. The molecule has 2 aliphatic rings. The number of nitrogens with zero attached hydrogens (tertiary/aromatic N) is 1. The molecule has 1 heterocycles. The van der Waals surface area contributed by atoms with E-state index in [1.165, 1.54) is 31.2 Å². The minimum atomic E-state index is -0.907. The number of likely N-dealkylation sites (tertiary alicyclic amines) is 1. The van der Waals surface area contributed by atoms with Gasteiger partial charge in [0.1, 0.15) is 12.4 Å². The quantitative estimate of drug-likeness (QED) is 0.724. The number of carboxylic acids is 1. The third-order valence-corrected chi connectivity index (χ3v) is 6.27. The molecule has 4 heteroatoms. The summed E-state index contributed by atoms with van der Waals surface area (Å²) in [7, 11) is 0. The van der Waals surface area contributed by atoms with E-state index in [9.17, 15) is 4.79 Å². The van der Waals surface area contributed by atoms with E-state index in [4.69, 9.17) is 9.84 Å². The van der Waals surface area contributed by atoms with Gasteiger partial charge in [0.15, 0.2) is 0 Å². The molecule has 4 rings (SSSR count). The summed E-state index contributed by atoms with van der Waals surface area (Å²) >= 11 is 0. The second-order valence-electron chi connectivity index (χ2n) is 8.21. The highest BCUT2D eigenvalue weighted by atomic mass is 16.5. The van der Waals surface area contributed by atoms with Crippen LogP contribution in [0, 0.1) is 11.8 Å². The summed E-state index contributed by atoms with van der Waals surface area (Å²) in [6, 6.07) is 17.6. The zero-order chi connectivity index (χ0) is 19.3. The van der Waals surface area contributed by atoms with Crippen molar-refractivity contribution in [2.45, 2.75) is 31.6 Å². The van der Waals surface area contributed by atoms with E-state index in [1.807, 2.05) is 0 Å². The van der Waals surface area contributed by atoms with E-state index in [2.05, 4.69) is 35.2 Å². The number of ether oxygens (including phenoxy) is 1. The first-order chi connectivity index (χ1) is 13.7. The van der Waals surface area contributed by atoms with Crippen LogP contribution in [0.4, 0.5) is 0 Å². The van der Waals surface area contributed by atoms with Gasteiger partial charge in [-0.25, -0.2) is 4.79 Å². The molecule has 28 heavy (non-hydrogen) atoms. The molecule has 2 atom stereocenters. The van der Waals surface area contributed by atoms with E-state index >= 15 is 0 Å². The molecule has 4 nitrogen and oxygen atoms in total. The fourth-order valence-corrected chi connectivity index (χ4v) is 4.48. The Morgan fingerprint density at radius 2 is 1.75 bits per heavy atom. The van der Waals surface area contributed by atoms with Crippen molar-refractivity contribution in [1.29, 1.82) is 0 Å². The number of aromatic carboxylic acids is 1. The second kappa shape index (κ2) is 8.78. The van der Waals surface area contributed by atoms with Gasteiger partial charge >= 0.3 is 5.97 Å². The molecule has 1 aliphatic carbocycles.